The van der Waals surface area contributed by atoms with Crippen molar-refractivity contribution in [3.8, 4) is 0 Å². The molecule has 0 amide bonds. The number of nitrogens with zero attached hydrogens (tertiary/aromatic N) is 1. The molecule has 0 spiro atoms. The van der Waals surface area contributed by atoms with Gasteiger partial charge in [-0.15, -0.1) is 11.3 Å². The molecule has 0 fully saturated rings. The van der Waals surface area contributed by atoms with Crippen LogP contribution in [-0.2, 0) is 6.54 Å². The summed E-state index contributed by atoms with van der Waals surface area (Å²) >= 11 is 6.11. The van der Waals surface area contributed by atoms with Gasteiger partial charge in [0.25, 0.3) is 0 Å². The van der Waals surface area contributed by atoms with Crippen LogP contribution in [-0.4, -0.2) is 23.2 Å². The number of hydrogen-bond donors (Lipinski definition) is 1. The van der Waals surface area contributed by atoms with Crippen molar-refractivity contribution < 1.29 is 0 Å². The molecular weight excluding hydrogens is 246 g/mol. The van der Waals surface area contributed by atoms with Crippen molar-refractivity contribution >= 4 is 24.0 Å². The maximum Gasteiger partial charge on any atom is 0.0330 e. The van der Waals surface area contributed by atoms with E-state index in [1.54, 1.807) is 0 Å². The molecule has 0 aliphatic rings. The molecule has 1 nitrogen and oxygen atoms in total. The Hall–Kier alpha value is 0.01000. The molecule has 0 atom stereocenters. The maximum atomic E-state index is 4.25. The van der Waals surface area contributed by atoms with Crippen molar-refractivity contribution in [3.63, 3.8) is 0 Å². The summed E-state index contributed by atoms with van der Waals surface area (Å²) in [6, 6.07) is 5.02. The van der Waals surface area contributed by atoms with Crippen LogP contribution in [0, 0.1) is 0 Å². The molecule has 0 unspecified atom stereocenters. The summed E-state index contributed by atoms with van der Waals surface area (Å²) < 4.78 is 0. The second kappa shape index (κ2) is 9.01. The molecule has 98 valence electrons. The standard InChI is InChI=1S/C14H25NS2/c1-13(2)15(9-5-3-4-6-10-16)12-14-8-7-11-17-14/h7-8,11,13,16H,3-6,9-10,12H2,1-2H3. The second-order valence-corrected chi connectivity index (χ2v) is 6.26. The number of unbranched alkanes of at least 4 members (excludes halogenated alkanes) is 3. The van der Waals surface area contributed by atoms with Gasteiger partial charge >= 0.3 is 0 Å². The first-order chi connectivity index (χ1) is 8.24. The predicted molar refractivity (Wildman–Crippen MR) is 82.2 cm³/mol. The predicted octanol–water partition coefficient (Wildman–Crippen LogP) is 4.45. The third kappa shape index (κ3) is 6.49. The fourth-order valence-corrected chi connectivity index (χ4v) is 2.86. The van der Waals surface area contributed by atoms with Gasteiger partial charge in [0.1, 0.15) is 0 Å². The normalized spacial score (nSPS) is 11.6. The van der Waals surface area contributed by atoms with Crippen LogP contribution < -0.4 is 0 Å². The van der Waals surface area contributed by atoms with Crippen LogP contribution in [0.2, 0.25) is 0 Å². The summed E-state index contributed by atoms with van der Waals surface area (Å²) in [4.78, 5) is 4.06. The van der Waals surface area contributed by atoms with Gasteiger partial charge < -0.3 is 0 Å². The zero-order valence-corrected chi connectivity index (χ0v) is 12.8. The quantitative estimate of drug-likeness (QED) is 0.513. The van der Waals surface area contributed by atoms with Crippen LogP contribution in [0.15, 0.2) is 17.5 Å². The van der Waals surface area contributed by atoms with E-state index >= 15 is 0 Å². The summed E-state index contributed by atoms with van der Waals surface area (Å²) in [6.07, 6.45) is 5.25. The number of thiophene rings is 1. The van der Waals surface area contributed by atoms with E-state index < -0.39 is 0 Å². The minimum atomic E-state index is 0.641. The van der Waals surface area contributed by atoms with Crippen LogP contribution in [0.1, 0.15) is 44.4 Å². The van der Waals surface area contributed by atoms with Crippen molar-refractivity contribution in [2.45, 2.75) is 52.1 Å². The van der Waals surface area contributed by atoms with Crippen molar-refractivity contribution in [3.05, 3.63) is 22.4 Å². The third-order valence-corrected chi connectivity index (χ3v) is 4.20. The van der Waals surface area contributed by atoms with Gasteiger partial charge in [-0.25, -0.2) is 0 Å². The molecule has 3 heteroatoms. The highest BCUT2D eigenvalue weighted by Gasteiger charge is 2.09. The van der Waals surface area contributed by atoms with Crippen LogP contribution in [0.4, 0.5) is 0 Å². The number of thiol groups is 1. The van der Waals surface area contributed by atoms with E-state index in [1.165, 1.54) is 37.1 Å². The van der Waals surface area contributed by atoms with Crippen LogP contribution in [0.5, 0.6) is 0 Å². The minimum Gasteiger partial charge on any atom is -0.296 e. The molecule has 17 heavy (non-hydrogen) atoms. The Kier molecular flexibility index (Phi) is 7.99. The van der Waals surface area contributed by atoms with E-state index in [4.69, 9.17) is 0 Å². The van der Waals surface area contributed by atoms with E-state index in [1.807, 2.05) is 11.3 Å². The van der Waals surface area contributed by atoms with Gasteiger partial charge in [-0.1, -0.05) is 18.9 Å². The fraction of sp³-hybridized carbons (Fsp3) is 0.714. The lowest BCUT2D eigenvalue weighted by atomic mass is 10.2. The Morgan fingerprint density at radius 2 is 2.00 bits per heavy atom. The van der Waals surface area contributed by atoms with Crippen LogP contribution in [0.3, 0.4) is 0 Å². The average Bonchev–Trinajstić information content (AvgIpc) is 2.79. The molecule has 0 aromatic carbocycles. The van der Waals surface area contributed by atoms with Crippen molar-refractivity contribution in [1.29, 1.82) is 0 Å². The van der Waals surface area contributed by atoms with Crippen LogP contribution >= 0.6 is 24.0 Å². The first kappa shape index (κ1) is 15.1. The zero-order valence-electron chi connectivity index (χ0n) is 11.1. The Morgan fingerprint density at radius 1 is 1.24 bits per heavy atom. The topological polar surface area (TPSA) is 3.24 Å². The molecule has 0 aliphatic carbocycles. The molecule has 0 saturated carbocycles. The summed E-state index contributed by atoms with van der Waals surface area (Å²) in [5.74, 6) is 1.03. The highest BCUT2D eigenvalue weighted by molar-refractivity contribution is 7.80. The smallest absolute Gasteiger partial charge is 0.0330 e. The molecule has 1 heterocycles. The van der Waals surface area contributed by atoms with E-state index in [0.29, 0.717) is 6.04 Å². The van der Waals surface area contributed by atoms with Crippen molar-refractivity contribution in [1.82, 2.24) is 4.90 Å². The molecule has 1 aromatic rings. The van der Waals surface area contributed by atoms with E-state index in [9.17, 15) is 0 Å². The van der Waals surface area contributed by atoms with Gasteiger partial charge in [0.05, 0.1) is 0 Å². The molecule has 1 rings (SSSR count). The zero-order chi connectivity index (χ0) is 12.5. The molecule has 1 aromatic heterocycles. The first-order valence-corrected chi connectivity index (χ1v) is 8.12. The lowest BCUT2D eigenvalue weighted by Gasteiger charge is -2.25. The van der Waals surface area contributed by atoms with E-state index in [-0.39, 0.29) is 0 Å². The molecular formula is C14H25NS2. The number of rotatable bonds is 9. The molecule has 0 radical (unpaired) electrons. The van der Waals surface area contributed by atoms with Gasteiger partial charge in [0, 0.05) is 17.5 Å². The van der Waals surface area contributed by atoms with Gasteiger partial charge in [-0.05, 0) is 50.4 Å². The summed E-state index contributed by atoms with van der Waals surface area (Å²) in [5, 5.41) is 2.17. The van der Waals surface area contributed by atoms with Gasteiger partial charge in [-0.2, -0.15) is 12.6 Å². The van der Waals surface area contributed by atoms with E-state index in [2.05, 4.69) is 48.9 Å². The van der Waals surface area contributed by atoms with Crippen molar-refractivity contribution in [2.75, 3.05) is 12.3 Å². The summed E-state index contributed by atoms with van der Waals surface area (Å²) in [7, 11) is 0. The molecule has 0 bridgehead atoms. The lowest BCUT2D eigenvalue weighted by molar-refractivity contribution is 0.210. The minimum absolute atomic E-state index is 0.641. The third-order valence-electron chi connectivity index (χ3n) is 3.02. The molecule has 0 aliphatic heterocycles. The van der Waals surface area contributed by atoms with E-state index in [0.717, 1.165) is 12.3 Å². The van der Waals surface area contributed by atoms with Gasteiger partial charge in [-0.3, -0.25) is 4.90 Å². The van der Waals surface area contributed by atoms with Gasteiger partial charge in [0.2, 0.25) is 0 Å². The highest BCUT2D eigenvalue weighted by Crippen LogP contribution is 2.15. The van der Waals surface area contributed by atoms with Crippen molar-refractivity contribution in [2.24, 2.45) is 0 Å². The monoisotopic (exact) mass is 271 g/mol. The average molecular weight is 271 g/mol. The maximum absolute atomic E-state index is 4.25. The Labute approximate surface area is 116 Å². The Morgan fingerprint density at radius 3 is 2.59 bits per heavy atom. The summed E-state index contributed by atoms with van der Waals surface area (Å²) in [5.41, 5.74) is 0. The Balaban J connectivity index is 2.24. The van der Waals surface area contributed by atoms with Crippen LogP contribution in [0.25, 0.3) is 0 Å². The molecule has 0 N–H and O–H groups in total. The number of hydrogen-bond acceptors (Lipinski definition) is 3. The van der Waals surface area contributed by atoms with Gasteiger partial charge in [0.15, 0.2) is 0 Å². The largest absolute Gasteiger partial charge is 0.296 e. The fourth-order valence-electron chi connectivity index (χ4n) is 1.90. The molecule has 0 saturated heterocycles. The SMILES string of the molecule is CC(C)N(CCCCCCS)Cc1cccs1. The highest BCUT2D eigenvalue weighted by atomic mass is 32.1. The second-order valence-electron chi connectivity index (χ2n) is 4.78. The lowest BCUT2D eigenvalue weighted by Crippen LogP contribution is -2.31. The first-order valence-electron chi connectivity index (χ1n) is 6.61. The summed E-state index contributed by atoms with van der Waals surface area (Å²) in [6.45, 7) is 6.92. The Bertz CT molecular complexity index is 270.